The van der Waals surface area contributed by atoms with Gasteiger partial charge < -0.3 is 15.1 Å². The second kappa shape index (κ2) is 11.2. The van der Waals surface area contributed by atoms with Crippen LogP contribution < -0.4 is 10.2 Å². The van der Waals surface area contributed by atoms with Gasteiger partial charge in [0.2, 0.25) is 0 Å². The molecule has 1 saturated heterocycles. The molecule has 1 fully saturated rings. The summed E-state index contributed by atoms with van der Waals surface area (Å²) in [5.74, 6) is -0.263. The zero-order chi connectivity index (χ0) is 28.4. The molecule has 0 radical (unpaired) electrons. The van der Waals surface area contributed by atoms with E-state index in [4.69, 9.17) is 0 Å². The Morgan fingerprint density at radius 2 is 1.85 bits per heavy atom. The largest absolute Gasteiger partial charge is 0.370 e. The minimum absolute atomic E-state index is 0.263. The fourth-order valence-electron chi connectivity index (χ4n) is 4.86. The van der Waals surface area contributed by atoms with Gasteiger partial charge in [0.15, 0.2) is 0 Å². The number of benzene rings is 2. The monoisotopic (exact) mass is 535 g/mol. The second-order valence-electron chi connectivity index (χ2n) is 10.3. The van der Waals surface area contributed by atoms with Crippen molar-refractivity contribution in [3.63, 3.8) is 0 Å². The number of aryl methyl sites for hydroxylation is 2. The minimum Gasteiger partial charge on any atom is -0.370 e. The molecule has 4 aromatic rings. The zero-order valence-corrected chi connectivity index (χ0v) is 23.3. The van der Waals surface area contributed by atoms with Crippen LogP contribution >= 0.6 is 0 Å². The summed E-state index contributed by atoms with van der Waals surface area (Å²) in [7, 11) is 4.01. The lowest BCUT2D eigenvalue weighted by molar-refractivity contribution is 0.102. The lowest BCUT2D eigenvalue weighted by Crippen LogP contribution is -2.29. The normalized spacial score (nSPS) is 14.0. The molecule has 0 spiro atoms. The van der Waals surface area contributed by atoms with Gasteiger partial charge in [0.05, 0.1) is 29.7 Å². The summed E-state index contributed by atoms with van der Waals surface area (Å²) >= 11 is 0. The van der Waals surface area contributed by atoms with E-state index in [0.717, 1.165) is 66.5 Å². The molecular formula is C30H33N9O. The Morgan fingerprint density at radius 3 is 2.60 bits per heavy atom. The van der Waals surface area contributed by atoms with Crippen molar-refractivity contribution in [2.45, 2.75) is 20.3 Å². The van der Waals surface area contributed by atoms with Crippen LogP contribution in [0.2, 0.25) is 0 Å². The van der Waals surface area contributed by atoms with Crippen LogP contribution in [0.1, 0.15) is 33.6 Å². The van der Waals surface area contributed by atoms with Crippen molar-refractivity contribution >= 4 is 22.9 Å². The standard InChI is InChI=1S/C30H33N9O/c1-20-7-8-25(16-29(20)39-19-28(34-35-39)27-18-32-37(5)22(27)3)33-30(40)24-13-23(21(2)17-31)14-26(15-24)38-10-6-9-36(4)11-12-38/h7-8,13-16,18-19H,2,6,9-12H2,1,3-5H3,(H,33,40). The number of rotatable bonds is 6. The maximum Gasteiger partial charge on any atom is 0.255 e. The van der Waals surface area contributed by atoms with Crippen LogP contribution in [-0.4, -0.2) is 68.8 Å². The van der Waals surface area contributed by atoms with Crippen LogP contribution in [0, 0.1) is 25.2 Å². The highest BCUT2D eigenvalue weighted by Gasteiger charge is 2.18. The third-order valence-electron chi connectivity index (χ3n) is 7.47. The smallest absolute Gasteiger partial charge is 0.255 e. The van der Waals surface area contributed by atoms with Gasteiger partial charge in [-0.2, -0.15) is 10.4 Å². The molecule has 1 N–H and O–H groups in total. The van der Waals surface area contributed by atoms with Gasteiger partial charge in [0.1, 0.15) is 5.69 Å². The lowest BCUT2D eigenvalue weighted by Gasteiger charge is -2.24. The number of anilines is 2. The minimum atomic E-state index is -0.263. The maximum absolute atomic E-state index is 13.5. The summed E-state index contributed by atoms with van der Waals surface area (Å²) in [5, 5.41) is 25.5. The Hall–Kier alpha value is -4.75. The molecule has 2 aromatic carbocycles. The van der Waals surface area contributed by atoms with Crippen molar-refractivity contribution in [2.24, 2.45) is 7.05 Å². The van der Waals surface area contributed by atoms with E-state index in [1.165, 1.54) is 0 Å². The summed E-state index contributed by atoms with van der Waals surface area (Å²) in [5.41, 5.74) is 7.42. The van der Waals surface area contributed by atoms with Crippen LogP contribution in [-0.2, 0) is 7.05 Å². The molecule has 1 amide bonds. The molecule has 40 heavy (non-hydrogen) atoms. The van der Waals surface area contributed by atoms with Crippen molar-refractivity contribution in [2.75, 3.05) is 43.4 Å². The Balaban J connectivity index is 1.42. The molecule has 3 heterocycles. The number of carbonyl (C=O) groups is 1. The molecule has 0 aliphatic carbocycles. The summed E-state index contributed by atoms with van der Waals surface area (Å²) in [4.78, 5) is 18.1. The van der Waals surface area contributed by atoms with Crippen LogP contribution in [0.5, 0.6) is 0 Å². The number of nitrogens with one attached hydrogen (secondary N) is 1. The molecule has 10 heteroatoms. The molecule has 0 atom stereocenters. The topological polar surface area (TPSA) is 108 Å². The summed E-state index contributed by atoms with van der Waals surface area (Å²) < 4.78 is 3.51. The van der Waals surface area contributed by atoms with Crippen LogP contribution in [0.4, 0.5) is 11.4 Å². The van der Waals surface area contributed by atoms with Crippen LogP contribution in [0.25, 0.3) is 22.5 Å². The number of aromatic nitrogens is 5. The number of nitriles is 1. The number of amides is 1. The third kappa shape index (κ3) is 5.51. The van der Waals surface area contributed by atoms with E-state index < -0.39 is 0 Å². The summed E-state index contributed by atoms with van der Waals surface area (Å²) in [6.45, 7) is 11.6. The first-order valence-corrected chi connectivity index (χ1v) is 13.2. The molecule has 0 bridgehead atoms. The van der Waals surface area contributed by atoms with E-state index in [0.29, 0.717) is 22.4 Å². The van der Waals surface area contributed by atoms with Gasteiger partial charge >= 0.3 is 0 Å². The lowest BCUT2D eigenvalue weighted by atomic mass is 10.0. The van der Waals surface area contributed by atoms with E-state index in [9.17, 15) is 10.1 Å². The zero-order valence-electron chi connectivity index (χ0n) is 23.3. The molecule has 0 saturated carbocycles. The predicted molar refractivity (Wildman–Crippen MR) is 156 cm³/mol. The SMILES string of the molecule is C=C(C#N)c1cc(C(=O)Nc2ccc(C)c(-n3cc(-c4cnn(C)c4C)nn3)c2)cc(N2CCCN(C)CC2)c1. The van der Waals surface area contributed by atoms with Gasteiger partial charge in [-0.25, -0.2) is 4.68 Å². The van der Waals surface area contributed by atoms with Gasteiger partial charge in [0.25, 0.3) is 5.91 Å². The summed E-state index contributed by atoms with van der Waals surface area (Å²) in [6.07, 6.45) is 4.66. The Bertz CT molecular complexity index is 1620. The van der Waals surface area contributed by atoms with Gasteiger partial charge in [0, 0.05) is 54.9 Å². The molecule has 0 unspecified atom stereocenters. The first-order valence-electron chi connectivity index (χ1n) is 13.2. The second-order valence-corrected chi connectivity index (χ2v) is 10.3. The molecule has 1 aliphatic rings. The van der Waals surface area contributed by atoms with Crippen molar-refractivity contribution < 1.29 is 4.79 Å². The average Bonchev–Trinajstić information content (AvgIpc) is 3.49. The highest BCUT2D eigenvalue weighted by Crippen LogP contribution is 2.27. The molecule has 204 valence electrons. The first-order chi connectivity index (χ1) is 19.2. The van der Waals surface area contributed by atoms with Crippen molar-refractivity contribution in [1.82, 2.24) is 29.7 Å². The molecule has 10 nitrogen and oxygen atoms in total. The molecule has 5 rings (SSSR count). The highest BCUT2D eigenvalue weighted by atomic mass is 16.1. The maximum atomic E-state index is 13.5. The number of likely N-dealkylation sites (N-methyl/N-ethyl adjacent to an activating group) is 1. The van der Waals surface area contributed by atoms with Crippen molar-refractivity contribution in [1.29, 1.82) is 5.26 Å². The van der Waals surface area contributed by atoms with Gasteiger partial charge in [-0.3, -0.25) is 9.48 Å². The number of hydrogen-bond donors (Lipinski definition) is 1. The van der Waals surface area contributed by atoms with E-state index >= 15 is 0 Å². The Labute approximate surface area is 234 Å². The van der Waals surface area contributed by atoms with E-state index in [-0.39, 0.29) is 5.91 Å². The number of hydrogen-bond acceptors (Lipinski definition) is 7. The molecule has 1 aliphatic heterocycles. The van der Waals surface area contributed by atoms with Crippen molar-refractivity contribution in [3.8, 4) is 23.0 Å². The highest BCUT2D eigenvalue weighted by molar-refractivity contribution is 6.05. The van der Waals surface area contributed by atoms with Crippen molar-refractivity contribution in [3.05, 3.63) is 77.8 Å². The summed E-state index contributed by atoms with van der Waals surface area (Å²) in [6, 6.07) is 13.4. The van der Waals surface area contributed by atoms with Crippen LogP contribution in [0.15, 0.2) is 55.4 Å². The van der Waals surface area contributed by atoms with Gasteiger partial charge in [-0.05, 0) is 75.3 Å². The third-order valence-corrected chi connectivity index (χ3v) is 7.47. The fourth-order valence-corrected chi connectivity index (χ4v) is 4.86. The Kier molecular flexibility index (Phi) is 7.49. The average molecular weight is 536 g/mol. The van der Waals surface area contributed by atoms with Gasteiger partial charge in [-0.15, -0.1) is 5.10 Å². The predicted octanol–water partition coefficient (Wildman–Crippen LogP) is 4.22. The fraction of sp³-hybridized carbons (Fsp3) is 0.300. The number of carbonyl (C=O) groups excluding carboxylic acids is 1. The van der Waals surface area contributed by atoms with E-state index in [1.54, 1.807) is 21.6 Å². The van der Waals surface area contributed by atoms with E-state index in [2.05, 4.69) is 50.2 Å². The number of allylic oxidation sites excluding steroid dienone is 1. The quantitative estimate of drug-likeness (QED) is 0.369. The molecule has 2 aromatic heterocycles. The number of nitrogens with zero attached hydrogens (tertiary/aromatic N) is 8. The van der Waals surface area contributed by atoms with Gasteiger partial charge in [-0.1, -0.05) is 17.9 Å². The van der Waals surface area contributed by atoms with E-state index in [1.807, 2.05) is 57.4 Å². The Morgan fingerprint density at radius 1 is 1.05 bits per heavy atom. The molecular weight excluding hydrogens is 502 g/mol. The first kappa shape index (κ1) is 26.8. The van der Waals surface area contributed by atoms with Crippen LogP contribution in [0.3, 0.4) is 0 Å².